The van der Waals surface area contributed by atoms with Gasteiger partial charge in [0.2, 0.25) is 0 Å². The molecule has 0 unspecified atom stereocenters. The monoisotopic (exact) mass is 379 g/mol. The number of rotatable bonds is 8. The topological polar surface area (TPSA) is 123 Å². The number of benzene rings is 1. The number of carbonyl (C=O) groups is 4. The Bertz CT molecular complexity index is 648. The lowest BCUT2D eigenvalue weighted by atomic mass is 10.1. The Hall–Kier alpha value is -3.10. The van der Waals surface area contributed by atoms with E-state index in [9.17, 15) is 19.2 Å². The number of carbonyl (C=O) groups excluding carboxylic acids is 4. The van der Waals surface area contributed by atoms with Gasteiger partial charge in [0.25, 0.3) is 5.91 Å². The summed E-state index contributed by atoms with van der Waals surface area (Å²) in [5.74, 6) is -1.87. The summed E-state index contributed by atoms with van der Waals surface area (Å²) < 4.78 is 9.94. The first kappa shape index (κ1) is 21.9. The second kappa shape index (κ2) is 11.5. The molecule has 1 rings (SSSR count). The number of urea groups is 1. The van der Waals surface area contributed by atoms with Crippen molar-refractivity contribution in [3.05, 3.63) is 35.9 Å². The van der Waals surface area contributed by atoms with Gasteiger partial charge in [0.1, 0.15) is 12.6 Å². The Labute approximate surface area is 157 Å². The molecule has 0 aliphatic carbocycles. The third-order valence-electron chi connectivity index (χ3n) is 3.34. The van der Waals surface area contributed by atoms with Crippen molar-refractivity contribution in [2.75, 3.05) is 13.2 Å². The summed E-state index contributed by atoms with van der Waals surface area (Å²) in [6.45, 7) is 4.88. The molecule has 0 saturated heterocycles. The van der Waals surface area contributed by atoms with E-state index >= 15 is 0 Å². The van der Waals surface area contributed by atoms with E-state index in [2.05, 4.69) is 10.6 Å². The zero-order valence-corrected chi connectivity index (χ0v) is 15.6. The third-order valence-corrected chi connectivity index (χ3v) is 3.34. The van der Waals surface area contributed by atoms with Gasteiger partial charge in [-0.1, -0.05) is 44.2 Å². The average Bonchev–Trinajstić information content (AvgIpc) is 2.63. The highest BCUT2D eigenvalue weighted by Gasteiger charge is 2.27. The van der Waals surface area contributed by atoms with Crippen LogP contribution in [-0.4, -0.2) is 43.2 Å². The molecule has 0 aliphatic heterocycles. The van der Waals surface area contributed by atoms with Gasteiger partial charge >= 0.3 is 18.1 Å². The lowest BCUT2D eigenvalue weighted by molar-refractivity contribution is -0.151. The summed E-state index contributed by atoms with van der Waals surface area (Å²) in [6.07, 6.45) is -0.777. The molecule has 0 aromatic heterocycles. The Morgan fingerprint density at radius 1 is 1.04 bits per heavy atom. The van der Waals surface area contributed by atoms with Gasteiger partial charge in [-0.15, -0.1) is 0 Å². The molecule has 1 aromatic rings. The van der Waals surface area contributed by atoms with Crippen LogP contribution in [0.5, 0.6) is 0 Å². The summed E-state index contributed by atoms with van der Waals surface area (Å²) in [4.78, 5) is 46.8. The van der Waals surface area contributed by atoms with Crippen LogP contribution in [0, 0.1) is 5.92 Å². The van der Waals surface area contributed by atoms with E-state index in [-0.39, 0.29) is 12.5 Å². The quantitative estimate of drug-likeness (QED) is 0.586. The molecule has 0 saturated carbocycles. The Morgan fingerprint density at radius 3 is 2.30 bits per heavy atom. The predicted octanol–water partition coefficient (Wildman–Crippen LogP) is 1.33. The summed E-state index contributed by atoms with van der Waals surface area (Å²) >= 11 is 0. The number of hydrogen-bond acceptors (Lipinski definition) is 6. The number of esters is 1. The molecule has 27 heavy (non-hydrogen) atoms. The van der Waals surface area contributed by atoms with Crippen molar-refractivity contribution in [2.45, 2.75) is 33.4 Å². The molecule has 4 amide bonds. The standard InChI is InChI=1S/C18H25N3O6/c1-4-19-17(24)20-14(22)11-26-16(23)15(12(2)3)21-18(25)27-10-13-8-6-5-7-9-13/h5-9,12,15H,4,10-11H2,1-3H3,(H,21,25)(H2,19,20,22,24)/t15-/m0/s1. The van der Waals surface area contributed by atoms with E-state index in [0.717, 1.165) is 5.56 Å². The third kappa shape index (κ3) is 8.70. The van der Waals surface area contributed by atoms with Gasteiger partial charge in [0.05, 0.1) is 0 Å². The molecule has 0 spiro atoms. The molecule has 3 N–H and O–H groups in total. The number of imide groups is 1. The van der Waals surface area contributed by atoms with Gasteiger partial charge in [-0.3, -0.25) is 10.1 Å². The van der Waals surface area contributed by atoms with Crippen molar-refractivity contribution in [3.63, 3.8) is 0 Å². The first-order chi connectivity index (χ1) is 12.8. The smallest absolute Gasteiger partial charge is 0.408 e. The first-order valence-corrected chi connectivity index (χ1v) is 8.55. The number of alkyl carbamates (subject to hydrolysis) is 1. The highest BCUT2D eigenvalue weighted by atomic mass is 16.6. The van der Waals surface area contributed by atoms with Gasteiger partial charge in [-0.05, 0) is 18.4 Å². The molecule has 1 atom stereocenters. The van der Waals surface area contributed by atoms with E-state index in [1.165, 1.54) is 0 Å². The normalized spacial score (nSPS) is 11.3. The molecule has 0 bridgehead atoms. The van der Waals surface area contributed by atoms with Crippen LogP contribution < -0.4 is 16.0 Å². The SMILES string of the molecule is CCNC(=O)NC(=O)COC(=O)[C@@H](NC(=O)OCc1ccccc1)C(C)C. The van der Waals surface area contributed by atoms with Crippen molar-refractivity contribution >= 4 is 24.0 Å². The second-order valence-corrected chi connectivity index (χ2v) is 5.94. The molecule has 0 fully saturated rings. The van der Waals surface area contributed by atoms with Crippen molar-refractivity contribution in [3.8, 4) is 0 Å². The summed E-state index contributed by atoms with van der Waals surface area (Å²) in [7, 11) is 0. The highest BCUT2D eigenvalue weighted by molar-refractivity contribution is 5.95. The number of nitrogens with one attached hydrogen (secondary N) is 3. The maximum absolute atomic E-state index is 12.1. The van der Waals surface area contributed by atoms with Crippen molar-refractivity contribution < 1.29 is 28.7 Å². The van der Waals surface area contributed by atoms with Gasteiger partial charge in [0.15, 0.2) is 6.61 Å². The molecule has 9 heteroatoms. The fourth-order valence-electron chi connectivity index (χ4n) is 1.98. The van der Waals surface area contributed by atoms with Crippen LogP contribution in [0.2, 0.25) is 0 Å². The molecule has 0 radical (unpaired) electrons. The van der Waals surface area contributed by atoms with Crippen LogP contribution >= 0.6 is 0 Å². The summed E-state index contributed by atoms with van der Waals surface area (Å²) in [5, 5.41) is 6.80. The Kier molecular flexibility index (Phi) is 9.35. The predicted molar refractivity (Wildman–Crippen MR) is 96.6 cm³/mol. The number of ether oxygens (including phenoxy) is 2. The largest absolute Gasteiger partial charge is 0.454 e. The van der Waals surface area contributed by atoms with Crippen LogP contribution in [0.1, 0.15) is 26.3 Å². The van der Waals surface area contributed by atoms with Crippen molar-refractivity contribution in [1.29, 1.82) is 0 Å². The van der Waals surface area contributed by atoms with Gasteiger partial charge in [-0.2, -0.15) is 0 Å². The maximum atomic E-state index is 12.1. The van der Waals surface area contributed by atoms with E-state index < -0.39 is 36.6 Å². The average molecular weight is 379 g/mol. The van der Waals surface area contributed by atoms with E-state index in [1.54, 1.807) is 32.9 Å². The number of amides is 4. The van der Waals surface area contributed by atoms with Crippen LogP contribution in [0.25, 0.3) is 0 Å². The van der Waals surface area contributed by atoms with Crippen molar-refractivity contribution in [2.24, 2.45) is 5.92 Å². The van der Waals surface area contributed by atoms with Crippen LogP contribution in [0.15, 0.2) is 30.3 Å². The van der Waals surface area contributed by atoms with Crippen LogP contribution in [-0.2, 0) is 25.7 Å². The lowest BCUT2D eigenvalue weighted by Crippen LogP contribution is -2.47. The maximum Gasteiger partial charge on any atom is 0.408 e. The van der Waals surface area contributed by atoms with E-state index in [4.69, 9.17) is 9.47 Å². The Balaban J connectivity index is 2.46. The highest BCUT2D eigenvalue weighted by Crippen LogP contribution is 2.06. The minimum Gasteiger partial charge on any atom is -0.454 e. The van der Waals surface area contributed by atoms with Crippen LogP contribution in [0.4, 0.5) is 9.59 Å². The molecule has 9 nitrogen and oxygen atoms in total. The molecule has 1 aromatic carbocycles. The minimum absolute atomic E-state index is 0.0570. The Morgan fingerprint density at radius 2 is 1.70 bits per heavy atom. The molecule has 148 valence electrons. The minimum atomic E-state index is -0.995. The molecular formula is C18H25N3O6. The fraction of sp³-hybridized carbons (Fsp3) is 0.444. The van der Waals surface area contributed by atoms with Gasteiger partial charge < -0.3 is 20.1 Å². The summed E-state index contributed by atoms with van der Waals surface area (Å²) in [6, 6.07) is 7.40. The number of hydrogen-bond donors (Lipinski definition) is 3. The first-order valence-electron chi connectivity index (χ1n) is 8.55. The zero-order valence-electron chi connectivity index (χ0n) is 15.6. The van der Waals surface area contributed by atoms with Crippen molar-refractivity contribution in [1.82, 2.24) is 16.0 Å². The lowest BCUT2D eigenvalue weighted by Gasteiger charge is -2.20. The van der Waals surface area contributed by atoms with E-state index in [0.29, 0.717) is 6.54 Å². The molecular weight excluding hydrogens is 354 g/mol. The summed E-state index contributed by atoms with van der Waals surface area (Å²) in [5.41, 5.74) is 0.804. The molecule has 0 aliphatic rings. The fourth-order valence-corrected chi connectivity index (χ4v) is 1.98. The zero-order chi connectivity index (χ0) is 20.2. The van der Waals surface area contributed by atoms with Crippen LogP contribution in [0.3, 0.4) is 0 Å². The second-order valence-electron chi connectivity index (χ2n) is 5.94. The molecule has 0 heterocycles. The van der Waals surface area contributed by atoms with Gasteiger partial charge in [0, 0.05) is 6.54 Å². The van der Waals surface area contributed by atoms with Gasteiger partial charge in [-0.25, -0.2) is 14.4 Å². The van der Waals surface area contributed by atoms with E-state index in [1.807, 2.05) is 23.5 Å².